The highest BCUT2D eigenvalue weighted by atomic mass is 79.9. The lowest BCUT2D eigenvalue weighted by molar-refractivity contribution is 0.102. The lowest BCUT2D eigenvalue weighted by Gasteiger charge is -2.09. The summed E-state index contributed by atoms with van der Waals surface area (Å²) < 4.78 is 0.747. The molecule has 0 aliphatic heterocycles. The molecule has 2 rings (SSSR count). The van der Waals surface area contributed by atoms with Crippen LogP contribution in [0.4, 0.5) is 11.5 Å². The number of nitrogens with one attached hydrogen (secondary N) is 3. The largest absolute Gasteiger partial charge is 0.372 e. The second-order valence-electron chi connectivity index (χ2n) is 4.06. The molecule has 3 N–H and O–H groups in total. The number of carbonyl (C=O) groups excluding carboxylic acids is 1. The van der Waals surface area contributed by atoms with E-state index < -0.39 is 0 Å². The van der Waals surface area contributed by atoms with E-state index in [1.807, 2.05) is 13.8 Å². The van der Waals surface area contributed by atoms with Crippen LogP contribution in [0.1, 0.15) is 21.7 Å². The van der Waals surface area contributed by atoms with Crippen LogP contribution in [0, 0.1) is 13.8 Å². The molecule has 0 fully saturated rings. The zero-order chi connectivity index (χ0) is 14.0. The number of aryl methyl sites for hydroxylation is 2. The van der Waals surface area contributed by atoms with Crippen molar-refractivity contribution in [3.63, 3.8) is 0 Å². The molecule has 0 aliphatic carbocycles. The quantitative estimate of drug-likeness (QED) is 0.810. The Balaban J connectivity index is 2.32. The Kier molecular flexibility index (Phi) is 3.84. The Hall–Kier alpha value is -1.89. The van der Waals surface area contributed by atoms with Gasteiger partial charge in [-0.1, -0.05) is 0 Å². The SMILES string of the molecule is CNc1ncc(Br)cc1C(=O)Nc1c(C)n[nH]c1C. The van der Waals surface area contributed by atoms with Gasteiger partial charge in [0, 0.05) is 17.7 Å². The van der Waals surface area contributed by atoms with Crippen LogP contribution in [0.5, 0.6) is 0 Å². The predicted molar refractivity (Wildman–Crippen MR) is 77.5 cm³/mol. The van der Waals surface area contributed by atoms with E-state index in [2.05, 4.69) is 41.7 Å². The van der Waals surface area contributed by atoms with Crippen molar-refractivity contribution in [2.45, 2.75) is 13.8 Å². The summed E-state index contributed by atoms with van der Waals surface area (Å²) in [7, 11) is 1.72. The van der Waals surface area contributed by atoms with Gasteiger partial charge in [-0.2, -0.15) is 5.10 Å². The molecule has 0 aromatic carbocycles. The van der Waals surface area contributed by atoms with Crippen molar-refractivity contribution in [2.75, 3.05) is 17.7 Å². The Morgan fingerprint density at radius 3 is 2.74 bits per heavy atom. The maximum atomic E-state index is 12.3. The summed E-state index contributed by atoms with van der Waals surface area (Å²) in [6.07, 6.45) is 1.64. The molecular formula is C12H14BrN5O. The van der Waals surface area contributed by atoms with Crippen LogP contribution in [0.15, 0.2) is 16.7 Å². The van der Waals surface area contributed by atoms with Gasteiger partial charge in [-0.05, 0) is 35.8 Å². The van der Waals surface area contributed by atoms with Crippen LogP contribution in [0.2, 0.25) is 0 Å². The molecule has 2 aromatic rings. The van der Waals surface area contributed by atoms with Crippen LogP contribution in [-0.4, -0.2) is 28.1 Å². The summed E-state index contributed by atoms with van der Waals surface area (Å²) in [5.74, 6) is 0.297. The molecule has 0 radical (unpaired) electrons. The smallest absolute Gasteiger partial charge is 0.259 e. The van der Waals surface area contributed by atoms with Gasteiger partial charge in [-0.3, -0.25) is 9.89 Å². The number of anilines is 2. The third-order valence-corrected chi connectivity index (χ3v) is 3.14. The van der Waals surface area contributed by atoms with Gasteiger partial charge in [-0.25, -0.2) is 4.98 Å². The van der Waals surface area contributed by atoms with Crippen molar-refractivity contribution >= 4 is 33.3 Å². The van der Waals surface area contributed by atoms with E-state index >= 15 is 0 Å². The highest BCUT2D eigenvalue weighted by Crippen LogP contribution is 2.21. The minimum atomic E-state index is -0.231. The average molecular weight is 324 g/mol. The zero-order valence-electron chi connectivity index (χ0n) is 10.8. The minimum Gasteiger partial charge on any atom is -0.372 e. The molecule has 100 valence electrons. The molecule has 0 bridgehead atoms. The van der Waals surface area contributed by atoms with Crippen molar-refractivity contribution in [3.8, 4) is 0 Å². The highest BCUT2D eigenvalue weighted by molar-refractivity contribution is 9.10. The van der Waals surface area contributed by atoms with Gasteiger partial charge in [0.15, 0.2) is 0 Å². The monoisotopic (exact) mass is 323 g/mol. The fourth-order valence-electron chi connectivity index (χ4n) is 1.73. The number of H-pyrrole nitrogens is 1. The molecule has 2 heterocycles. The van der Waals surface area contributed by atoms with E-state index in [4.69, 9.17) is 0 Å². The second-order valence-corrected chi connectivity index (χ2v) is 4.98. The Bertz CT molecular complexity index is 603. The maximum Gasteiger partial charge on any atom is 0.259 e. The average Bonchev–Trinajstić information content (AvgIpc) is 2.70. The van der Waals surface area contributed by atoms with Crippen molar-refractivity contribution < 1.29 is 4.79 Å². The molecule has 2 aromatic heterocycles. The number of amides is 1. The van der Waals surface area contributed by atoms with Crippen LogP contribution in [0.25, 0.3) is 0 Å². The van der Waals surface area contributed by atoms with Gasteiger partial charge in [-0.15, -0.1) is 0 Å². The third-order valence-electron chi connectivity index (χ3n) is 2.70. The first-order valence-electron chi connectivity index (χ1n) is 5.69. The summed E-state index contributed by atoms with van der Waals surface area (Å²) in [6.45, 7) is 3.69. The van der Waals surface area contributed by atoms with E-state index in [9.17, 15) is 4.79 Å². The standard InChI is InChI=1S/C12H14BrN5O/c1-6-10(7(2)18-17-6)16-12(19)9-4-8(13)5-15-11(9)14-3/h4-5H,1-3H3,(H,14,15)(H,16,19)(H,17,18). The van der Waals surface area contributed by atoms with E-state index in [-0.39, 0.29) is 5.91 Å². The number of nitrogens with zero attached hydrogens (tertiary/aromatic N) is 2. The van der Waals surface area contributed by atoms with E-state index in [1.165, 1.54) is 0 Å². The van der Waals surface area contributed by atoms with Crippen LogP contribution >= 0.6 is 15.9 Å². The van der Waals surface area contributed by atoms with Gasteiger partial charge in [0.2, 0.25) is 0 Å². The summed E-state index contributed by atoms with van der Waals surface area (Å²) in [5.41, 5.74) is 2.74. The highest BCUT2D eigenvalue weighted by Gasteiger charge is 2.16. The van der Waals surface area contributed by atoms with Crippen LogP contribution < -0.4 is 10.6 Å². The third kappa shape index (κ3) is 2.76. The van der Waals surface area contributed by atoms with Crippen LogP contribution in [0.3, 0.4) is 0 Å². The lowest BCUT2D eigenvalue weighted by atomic mass is 10.2. The molecule has 0 atom stereocenters. The number of hydrogen-bond acceptors (Lipinski definition) is 4. The first-order valence-corrected chi connectivity index (χ1v) is 6.48. The molecule has 0 spiro atoms. The molecule has 0 saturated heterocycles. The van der Waals surface area contributed by atoms with Gasteiger partial charge < -0.3 is 10.6 Å². The summed E-state index contributed by atoms with van der Waals surface area (Å²) in [4.78, 5) is 16.4. The summed E-state index contributed by atoms with van der Waals surface area (Å²) >= 11 is 3.31. The molecule has 1 amide bonds. The normalized spacial score (nSPS) is 10.3. The van der Waals surface area contributed by atoms with Gasteiger partial charge >= 0.3 is 0 Å². The van der Waals surface area contributed by atoms with Crippen molar-refractivity contribution in [1.82, 2.24) is 15.2 Å². The Morgan fingerprint density at radius 1 is 1.42 bits per heavy atom. The topological polar surface area (TPSA) is 82.7 Å². The molecule has 7 heteroatoms. The van der Waals surface area contributed by atoms with E-state index in [0.29, 0.717) is 17.1 Å². The second kappa shape index (κ2) is 5.40. The first kappa shape index (κ1) is 13.5. The fraction of sp³-hybridized carbons (Fsp3) is 0.250. The van der Waals surface area contributed by atoms with Gasteiger partial charge in [0.25, 0.3) is 5.91 Å². The number of carbonyl (C=O) groups is 1. The molecular weight excluding hydrogens is 310 g/mol. The number of aromatic nitrogens is 3. The van der Waals surface area contributed by atoms with E-state index in [1.54, 1.807) is 19.3 Å². The maximum absolute atomic E-state index is 12.3. The Morgan fingerprint density at radius 2 is 2.16 bits per heavy atom. The molecule has 19 heavy (non-hydrogen) atoms. The molecule has 0 aliphatic rings. The van der Waals surface area contributed by atoms with Crippen molar-refractivity contribution in [1.29, 1.82) is 0 Å². The lowest BCUT2D eigenvalue weighted by Crippen LogP contribution is -2.15. The number of hydrogen-bond donors (Lipinski definition) is 3. The van der Waals surface area contributed by atoms with Crippen LogP contribution in [-0.2, 0) is 0 Å². The zero-order valence-corrected chi connectivity index (χ0v) is 12.4. The van der Waals surface area contributed by atoms with Crippen molar-refractivity contribution in [3.05, 3.63) is 33.7 Å². The fourth-order valence-corrected chi connectivity index (χ4v) is 2.06. The van der Waals surface area contributed by atoms with Gasteiger partial charge in [0.05, 0.1) is 22.6 Å². The number of pyridine rings is 1. The summed E-state index contributed by atoms with van der Waals surface area (Å²) in [6, 6.07) is 1.72. The summed E-state index contributed by atoms with van der Waals surface area (Å²) in [5, 5.41) is 12.6. The number of halogens is 1. The van der Waals surface area contributed by atoms with Gasteiger partial charge in [0.1, 0.15) is 5.82 Å². The molecule has 0 saturated carbocycles. The van der Waals surface area contributed by atoms with E-state index in [0.717, 1.165) is 15.9 Å². The predicted octanol–water partition coefficient (Wildman–Crippen LogP) is 2.48. The molecule has 6 nitrogen and oxygen atoms in total. The minimum absolute atomic E-state index is 0.231. The molecule has 0 unspecified atom stereocenters. The number of aromatic amines is 1. The first-order chi connectivity index (χ1) is 9.02. The van der Waals surface area contributed by atoms with Crippen molar-refractivity contribution in [2.24, 2.45) is 0 Å². The Labute approximate surface area is 119 Å². The number of rotatable bonds is 3.